The fourth-order valence-corrected chi connectivity index (χ4v) is 2.70. The number of rotatable bonds is 7. The lowest BCUT2D eigenvalue weighted by molar-refractivity contribution is -0.385. The molecule has 1 aromatic carbocycles. The van der Waals surface area contributed by atoms with Gasteiger partial charge in [-0.15, -0.1) is 12.4 Å². The van der Waals surface area contributed by atoms with Crippen molar-refractivity contribution in [3.8, 4) is 5.75 Å². The van der Waals surface area contributed by atoms with Crippen LogP contribution in [0.25, 0.3) is 0 Å². The number of amides is 1. The maximum Gasteiger partial charge on any atom is 0.310 e. The Balaban J connectivity index is 0.00000312. The van der Waals surface area contributed by atoms with Gasteiger partial charge >= 0.3 is 5.69 Å². The molecule has 1 aliphatic rings. The lowest BCUT2D eigenvalue weighted by Gasteiger charge is -2.32. The third-order valence-electron chi connectivity index (χ3n) is 4.05. The van der Waals surface area contributed by atoms with Gasteiger partial charge in [-0.25, -0.2) is 0 Å². The zero-order chi connectivity index (χ0) is 17.5. The molecule has 0 aromatic heterocycles. The van der Waals surface area contributed by atoms with Gasteiger partial charge in [-0.1, -0.05) is 0 Å². The molecule has 0 unspecified atom stereocenters. The van der Waals surface area contributed by atoms with Gasteiger partial charge < -0.3 is 20.1 Å². The summed E-state index contributed by atoms with van der Waals surface area (Å²) in [4.78, 5) is 24.7. The van der Waals surface area contributed by atoms with E-state index in [0.29, 0.717) is 31.8 Å². The number of nitro groups is 1. The summed E-state index contributed by atoms with van der Waals surface area (Å²) in [5, 5.41) is 10.9. The third-order valence-corrected chi connectivity index (χ3v) is 4.05. The van der Waals surface area contributed by atoms with Crippen molar-refractivity contribution in [1.29, 1.82) is 0 Å². The Labute approximate surface area is 152 Å². The van der Waals surface area contributed by atoms with Crippen molar-refractivity contribution < 1.29 is 19.2 Å². The number of carbonyl (C=O) groups is 1. The molecule has 2 rings (SSSR count). The molecule has 1 fully saturated rings. The van der Waals surface area contributed by atoms with E-state index in [1.807, 2.05) is 0 Å². The fourth-order valence-electron chi connectivity index (χ4n) is 2.70. The summed E-state index contributed by atoms with van der Waals surface area (Å²) in [5.41, 5.74) is 5.68. The first-order valence-corrected chi connectivity index (χ1v) is 8.00. The Hall–Kier alpha value is -1.90. The van der Waals surface area contributed by atoms with Gasteiger partial charge in [0.05, 0.1) is 18.1 Å². The standard InChI is InChI=1S/C16H23N3O5.ClH/c1-23-15-11-12(3-4-14(15)19(21)22)16(20)18-8-5-13(6-9-18)24-10-2-7-17;/h3-4,11,13H,2,5-10,17H2,1H3;1H. The molecule has 0 aliphatic carbocycles. The van der Waals surface area contributed by atoms with Gasteiger partial charge in [0, 0.05) is 37.4 Å². The Bertz CT molecular complexity index is 591. The van der Waals surface area contributed by atoms with Crippen LogP contribution in [0, 0.1) is 10.1 Å². The first-order chi connectivity index (χ1) is 11.6. The summed E-state index contributed by atoms with van der Waals surface area (Å²) in [5.74, 6) is -0.0607. The number of benzene rings is 1. The minimum absolute atomic E-state index is 0. The molecule has 1 saturated heterocycles. The van der Waals surface area contributed by atoms with Crippen molar-refractivity contribution >= 4 is 24.0 Å². The van der Waals surface area contributed by atoms with E-state index in [0.717, 1.165) is 19.3 Å². The predicted molar refractivity (Wildman–Crippen MR) is 95.4 cm³/mol. The smallest absolute Gasteiger partial charge is 0.310 e. The average Bonchev–Trinajstić information content (AvgIpc) is 2.61. The number of carbonyl (C=O) groups excluding carboxylic acids is 1. The normalized spacial score (nSPS) is 14.7. The maximum absolute atomic E-state index is 12.6. The third kappa shape index (κ3) is 5.55. The summed E-state index contributed by atoms with van der Waals surface area (Å²) < 4.78 is 10.7. The molecule has 0 saturated carbocycles. The van der Waals surface area contributed by atoms with Crippen molar-refractivity contribution in [3.05, 3.63) is 33.9 Å². The van der Waals surface area contributed by atoms with Crippen LogP contribution in [0.4, 0.5) is 5.69 Å². The monoisotopic (exact) mass is 373 g/mol. The van der Waals surface area contributed by atoms with Crippen LogP contribution in [0.3, 0.4) is 0 Å². The minimum Gasteiger partial charge on any atom is -0.490 e. The molecule has 140 valence electrons. The zero-order valence-electron chi connectivity index (χ0n) is 14.2. The number of nitro benzene ring substituents is 1. The lowest BCUT2D eigenvalue weighted by Crippen LogP contribution is -2.41. The molecular formula is C16H24ClN3O5. The molecule has 0 bridgehead atoms. The number of nitrogens with two attached hydrogens (primary N) is 1. The molecule has 1 aromatic rings. The van der Waals surface area contributed by atoms with Crippen LogP contribution in [0.2, 0.25) is 0 Å². The first-order valence-electron chi connectivity index (χ1n) is 8.00. The highest BCUT2D eigenvalue weighted by molar-refractivity contribution is 5.95. The number of nitrogens with zero attached hydrogens (tertiary/aromatic N) is 2. The van der Waals surface area contributed by atoms with E-state index in [-0.39, 0.29) is 35.9 Å². The Morgan fingerprint density at radius 2 is 2.08 bits per heavy atom. The van der Waals surface area contributed by atoms with Gasteiger partial charge in [0.25, 0.3) is 5.91 Å². The Morgan fingerprint density at radius 3 is 2.64 bits per heavy atom. The average molecular weight is 374 g/mol. The van der Waals surface area contributed by atoms with E-state index in [4.69, 9.17) is 15.2 Å². The molecule has 0 atom stereocenters. The number of hydrogen-bond acceptors (Lipinski definition) is 6. The molecule has 1 aliphatic heterocycles. The SMILES string of the molecule is COc1cc(C(=O)N2CCC(OCCCN)CC2)ccc1[N+](=O)[O-].Cl. The molecule has 0 radical (unpaired) electrons. The van der Waals surface area contributed by atoms with Crippen LogP contribution in [0.1, 0.15) is 29.6 Å². The van der Waals surface area contributed by atoms with Crippen molar-refractivity contribution in [2.24, 2.45) is 5.73 Å². The highest BCUT2D eigenvalue weighted by Crippen LogP contribution is 2.28. The van der Waals surface area contributed by atoms with E-state index < -0.39 is 4.92 Å². The topological polar surface area (TPSA) is 108 Å². The Morgan fingerprint density at radius 1 is 1.40 bits per heavy atom. The summed E-state index contributed by atoms with van der Waals surface area (Å²) in [6.07, 6.45) is 2.55. The molecule has 2 N–H and O–H groups in total. The highest BCUT2D eigenvalue weighted by atomic mass is 35.5. The Kier molecular flexibility index (Phi) is 8.60. The summed E-state index contributed by atoms with van der Waals surface area (Å²) in [7, 11) is 1.35. The van der Waals surface area contributed by atoms with Crippen LogP contribution in [0.5, 0.6) is 5.75 Å². The van der Waals surface area contributed by atoms with Gasteiger partial charge in [-0.05, 0) is 31.9 Å². The van der Waals surface area contributed by atoms with E-state index in [2.05, 4.69) is 0 Å². The van der Waals surface area contributed by atoms with Gasteiger partial charge in [0.15, 0.2) is 5.75 Å². The zero-order valence-corrected chi connectivity index (χ0v) is 15.0. The van der Waals surface area contributed by atoms with Crippen LogP contribution in [-0.2, 0) is 4.74 Å². The minimum atomic E-state index is -0.530. The molecule has 9 heteroatoms. The molecular weight excluding hydrogens is 350 g/mol. The number of ether oxygens (including phenoxy) is 2. The van der Waals surface area contributed by atoms with Gasteiger partial charge in [0.1, 0.15) is 0 Å². The number of likely N-dealkylation sites (tertiary alicyclic amines) is 1. The van der Waals surface area contributed by atoms with Crippen molar-refractivity contribution in [2.75, 3.05) is 33.4 Å². The van der Waals surface area contributed by atoms with Gasteiger partial charge in [0.2, 0.25) is 0 Å². The molecule has 1 heterocycles. The molecule has 8 nitrogen and oxygen atoms in total. The van der Waals surface area contributed by atoms with E-state index in [9.17, 15) is 14.9 Å². The van der Waals surface area contributed by atoms with Crippen LogP contribution in [0.15, 0.2) is 18.2 Å². The lowest BCUT2D eigenvalue weighted by atomic mass is 10.1. The highest BCUT2D eigenvalue weighted by Gasteiger charge is 2.25. The summed E-state index contributed by atoms with van der Waals surface area (Å²) in [6.45, 7) is 2.46. The first kappa shape index (κ1) is 21.1. The molecule has 1 amide bonds. The second-order valence-electron chi connectivity index (χ2n) is 5.65. The van der Waals surface area contributed by atoms with Crippen molar-refractivity contribution in [2.45, 2.75) is 25.4 Å². The predicted octanol–water partition coefficient (Wildman–Crippen LogP) is 2.00. The van der Waals surface area contributed by atoms with Crippen LogP contribution < -0.4 is 10.5 Å². The number of methoxy groups -OCH3 is 1. The van der Waals surface area contributed by atoms with Crippen molar-refractivity contribution in [3.63, 3.8) is 0 Å². The van der Waals surface area contributed by atoms with Gasteiger partial charge in [-0.3, -0.25) is 14.9 Å². The maximum atomic E-state index is 12.6. The van der Waals surface area contributed by atoms with Crippen LogP contribution >= 0.6 is 12.4 Å². The largest absolute Gasteiger partial charge is 0.490 e. The number of hydrogen-bond donors (Lipinski definition) is 1. The number of piperidine rings is 1. The molecule has 0 spiro atoms. The fraction of sp³-hybridized carbons (Fsp3) is 0.562. The van der Waals surface area contributed by atoms with Crippen molar-refractivity contribution in [1.82, 2.24) is 4.90 Å². The number of halogens is 1. The van der Waals surface area contributed by atoms with E-state index >= 15 is 0 Å². The summed E-state index contributed by atoms with van der Waals surface area (Å²) in [6, 6.07) is 4.19. The van der Waals surface area contributed by atoms with Gasteiger partial charge in [-0.2, -0.15) is 0 Å². The second kappa shape index (κ2) is 10.2. The molecule has 25 heavy (non-hydrogen) atoms. The summed E-state index contributed by atoms with van der Waals surface area (Å²) >= 11 is 0. The van der Waals surface area contributed by atoms with Crippen LogP contribution in [-0.4, -0.2) is 55.2 Å². The quantitative estimate of drug-likeness (QED) is 0.445. The second-order valence-corrected chi connectivity index (χ2v) is 5.65. The van der Waals surface area contributed by atoms with E-state index in [1.54, 1.807) is 4.90 Å². The van der Waals surface area contributed by atoms with E-state index in [1.165, 1.54) is 25.3 Å².